The Kier molecular flexibility index (Phi) is 14.6. The second kappa shape index (κ2) is 19.3. The second-order valence-electron chi connectivity index (χ2n) is 10.8. The van der Waals surface area contributed by atoms with E-state index in [-0.39, 0.29) is 57.0 Å². The highest BCUT2D eigenvalue weighted by Crippen LogP contribution is 2.26. The van der Waals surface area contributed by atoms with Crippen LogP contribution in [-0.4, -0.2) is 87.4 Å². The molecule has 3 amide bonds. The van der Waals surface area contributed by atoms with E-state index in [2.05, 4.69) is 11.8 Å². The number of fused-ring (bicyclic) bond motifs is 2. The lowest BCUT2D eigenvalue weighted by molar-refractivity contribution is -0.198. The first-order valence-corrected chi connectivity index (χ1v) is 15.8. The molecule has 2 aliphatic rings. The first kappa shape index (κ1) is 35.4. The molecule has 4 rings (SSSR count). The Labute approximate surface area is 274 Å². The SMILES string of the molecule is O=C(CCCOCCOCCOCCOCCC(=O)ON1C(=O)CCC1=O)CCC(=O)N1Cc2ccccc2C#Cc2ccccc21. The average Bonchev–Trinajstić information content (AvgIpc) is 3.38. The Bertz CT molecular complexity index is 1450. The number of hydrogen-bond acceptors (Lipinski definition) is 10. The van der Waals surface area contributed by atoms with Gasteiger partial charge in [0, 0.05) is 49.8 Å². The van der Waals surface area contributed by atoms with E-state index in [9.17, 15) is 24.0 Å². The van der Waals surface area contributed by atoms with E-state index in [1.54, 1.807) is 4.90 Å². The number of carbonyl (C=O) groups is 5. The minimum Gasteiger partial charge on any atom is -0.379 e. The maximum Gasteiger partial charge on any atom is 0.335 e. The van der Waals surface area contributed by atoms with Crippen molar-refractivity contribution in [3.8, 4) is 11.8 Å². The van der Waals surface area contributed by atoms with Crippen LogP contribution in [0.25, 0.3) is 0 Å². The van der Waals surface area contributed by atoms with Gasteiger partial charge in [0.15, 0.2) is 0 Å². The van der Waals surface area contributed by atoms with E-state index in [1.165, 1.54) is 0 Å². The Morgan fingerprint density at radius 3 is 1.91 bits per heavy atom. The topological polar surface area (TPSA) is 138 Å². The molecule has 0 radical (unpaired) electrons. The van der Waals surface area contributed by atoms with Crippen molar-refractivity contribution in [3.63, 3.8) is 0 Å². The molecule has 250 valence electrons. The standard InChI is InChI=1S/C35H40N2O10/c38-30(13-14-32(39)36-26-29-8-2-1-6-27(29)11-12-28-7-3-4-10-31(28)36)9-5-18-43-20-22-45-24-25-46-23-21-44-19-17-35(42)47-37-33(40)15-16-34(37)41/h1-4,6-8,10H,5,9,13-26H2. The first-order valence-electron chi connectivity index (χ1n) is 15.8. The smallest absolute Gasteiger partial charge is 0.335 e. The highest BCUT2D eigenvalue weighted by molar-refractivity contribution is 6.01. The molecule has 12 nitrogen and oxygen atoms in total. The third-order valence-electron chi connectivity index (χ3n) is 7.30. The van der Waals surface area contributed by atoms with Crippen molar-refractivity contribution < 1.29 is 47.8 Å². The van der Waals surface area contributed by atoms with Crippen molar-refractivity contribution in [3.05, 3.63) is 65.2 Å². The van der Waals surface area contributed by atoms with Gasteiger partial charge in [0.1, 0.15) is 5.78 Å². The molecule has 2 aliphatic heterocycles. The van der Waals surface area contributed by atoms with Crippen LogP contribution in [0.3, 0.4) is 0 Å². The summed E-state index contributed by atoms with van der Waals surface area (Å²) in [7, 11) is 0. The van der Waals surface area contributed by atoms with Gasteiger partial charge in [-0.25, -0.2) is 4.79 Å². The summed E-state index contributed by atoms with van der Waals surface area (Å²) in [5, 5.41) is 0.512. The lowest BCUT2D eigenvalue weighted by Gasteiger charge is -2.26. The van der Waals surface area contributed by atoms with Gasteiger partial charge in [0.25, 0.3) is 11.8 Å². The van der Waals surface area contributed by atoms with E-state index in [1.807, 2.05) is 48.5 Å². The number of para-hydroxylation sites is 1. The summed E-state index contributed by atoms with van der Waals surface area (Å²) in [4.78, 5) is 66.8. The van der Waals surface area contributed by atoms with Gasteiger partial charge in [0.2, 0.25) is 5.91 Å². The molecular formula is C35H40N2O10. The summed E-state index contributed by atoms with van der Waals surface area (Å²) in [6.07, 6.45) is 1.23. The summed E-state index contributed by atoms with van der Waals surface area (Å²) >= 11 is 0. The first-order chi connectivity index (χ1) is 22.9. The van der Waals surface area contributed by atoms with Crippen LogP contribution in [0.1, 0.15) is 61.6 Å². The monoisotopic (exact) mass is 648 g/mol. The van der Waals surface area contributed by atoms with Crippen molar-refractivity contribution in [2.75, 3.05) is 57.8 Å². The zero-order valence-electron chi connectivity index (χ0n) is 26.4. The third-order valence-corrected chi connectivity index (χ3v) is 7.30. The minimum atomic E-state index is -0.711. The molecule has 0 saturated carbocycles. The molecule has 2 heterocycles. The fourth-order valence-corrected chi connectivity index (χ4v) is 4.81. The zero-order valence-corrected chi connectivity index (χ0v) is 26.4. The number of anilines is 1. The number of hydroxylamine groups is 2. The number of amides is 3. The van der Waals surface area contributed by atoms with Crippen molar-refractivity contribution >= 4 is 35.2 Å². The number of hydrogen-bond donors (Lipinski definition) is 0. The van der Waals surface area contributed by atoms with Gasteiger partial charge < -0.3 is 28.7 Å². The van der Waals surface area contributed by atoms with Gasteiger partial charge in [-0.05, 0) is 30.2 Å². The van der Waals surface area contributed by atoms with Gasteiger partial charge in [-0.15, -0.1) is 5.06 Å². The number of ketones is 1. The van der Waals surface area contributed by atoms with Crippen LogP contribution in [0, 0.1) is 11.8 Å². The minimum absolute atomic E-state index is 0.0230. The number of ether oxygens (including phenoxy) is 4. The third kappa shape index (κ3) is 11.7. The number of nitrogens with zero attached hydrogens (tertiary/aromatic N) is 2. The molecule has 1 fully saturated rings. The highest BCUT2D eigenvalue weighted by atomic mass is 16.7. The van der Waals surface area contributed by atoms with Crippen LogP contribution in [0.4, 0.5) is 5.69 Å². The van der Waals surface area contributed by atoms with Crippen LogP contribution in [0.5, 0.6) is 0 Å². The molecule has 0 aromatic heterocycles. The molecule has 2 aromatic rings. The second-order valence-corrected chi connectivity index (χ2v) is 10.8. The summed E-state index contributed by atoms with van der Waals surface area (Å²) in [5.74, 6) is 4.56. The van der Waals surface area contributed by atoms with Crippen molar-refractivity contribution in [1.82, 2.24) is 5.06 Å². The molecule has 0 bridgehead atoms. The Hall–Kier alpha value is -4.41. The normalized spacial score (nSPS) is 13.7. The van der Waals surface area contributed by atoms with Crippen molar-refractivity contribution in [2.24, 2.45) is 0 Å². The molecule has 2 aromatic carbocycles. The van der Waals surface area contributed by atoms with Crippen LogP contribution < -0.4 is 4.90 Å². The summed E-state index contributed by atoms with van der Waals surface area (Å²) in [5.41, 5.74) is 3.41. The predicted octanol–water partition coefficient (Wildman–Crippen LogP) is 3.13. The molecule has 0 aliphatic carbocycles. The maximum atomic E-state index is 13.3. The van der Waals surface area contributed by atoms with E-state index in [0.29, 0.717) is 64.1 Å². The summed E-state index contributed by atoms with van der Waals surface area (Å²) in [6.45, 7) is 2.99. The van der Waals surface area contributed by atoms with Crippen LogP contribution in [-0.2, 0) is 54.3 Å². The van der Waals surface area contributed by atoms with Crippen molar-refractivity contribution in [1.29, 1.82) is 0 Å². The van der Waals surface area contributed by atoms with E-state index in [4.69, 9.17) is 23.8 Å². The van der Waals surface area contributed by atoms with Gasteiger partial charge in [-0.3, -0.25) is 19.2 Å². The Balaban J connectivity index is 0.971. The molecule has 47 heavy (non-hydrogen) atoms. The molecule has 0 N–H and O–H groups in total. The van der Waals surface area contributed by atoms with Crippen LogP contribution >= 0.6 is 0 Å². The molecular weight excluding hydrogens is 608 g/mol. The molecule has 0 atom stereocenters. The number of rotatable bonds is 20. The zero-order chi connectivity index (χ0) is 33.3. The predicted molar refractivity (Wildman–Crippen MR) is 169 cm³/mol. The Morgan fingerprint density at radius 2 is 1.21 bits per heavy atom. The fourth-order valence-electron chi connectivity index (χ4n) is 4.81. The average molecular weight is 649 g/mol. The highest BCUT2D eigenvalue weighted by Gasteiger charge is 2.32. The fraction of sp³-hybridized carbons (Fsp3) is 0.457. The van der Waals surface area contributed by atoms with E-state index in [0.717, 1.165) is 22.4 Å². The number of imide groups is 1. The van der Waals surface area contributed by atoms with Gasteiger partial charge in [-0.1, -0.05) is 42.2 Å². The van der Waals surface area contributed by atoms with Gasteiger partial charge >= 0.3 is 5.97 Å². The van der Waals surface area contributed by atoms with Gasteiger partial charge in [0.05, 0.1) is 64.9 Å². The van der Waals surface area contributed by atoms with Gasteiger partial charge in [-0.2, -0.15) is 0 Å². The Morgan fingerprint density at radius 1 is 0.638 bits per heavy atom. The molecule has 0 unspecified atom stereocenters. The molecule has 0 spiro atoms. The molecule has 12 heteroatoms. The number of Topliss-reactive ketones (excluding diaryl/α,β-unsaturated/α-hetero) is 1. The lowest BCUT2D eigenvalue weighted by Crippen LogP contribution is -2.32. The van der Waals surface area contributed by atoms with E-state index >= 15 is 0 Å². The molecule has 1 saturated heterocycles. The van der Waals surface area contributed by atoms with Crippen molar-refractivity contribution in [2.45, 2.75) is 51.5 Å². The van der Waals surface area contributed by atoms with Crippen LogP contribution in [0.15, 0.2) is 48.5 Å². The largest absolute Gasteiger partial charge is 0.379 e. The number of benzene rings is 2. The van der Waals surface area contributed by atoms with E-state index < -0.39 is 17.8 Å². The quantitative estimate of drug-likeness (QED) is 0.120. The lowest BCUT2D eigenvalue weighted by atomic mass is 10.0. The summed E-state index contributed by atoms with van der Waals surface area (Å²) in [6, 6.07) is 15.4. The maximum absolute atomic E-state index is 13.3. The number of carbonyl (C=O) groups excluding carboxylic acids is 5. The summed E-state index contributed by atoms with van der Waals surface area (Å²) < 4.78 is 21.7. The van der Waals surface area contributed by atoms with Crippen LogP contribution in [0.2, 0.25) is 0 Å².